The van der Waals surface area contributed by atoms with Crippen LogP contribution < -0.4 is 16.5 Å². The number of aliphatic carboxylic acids is 2. The number of carbonyl (C=O) groups excluding carboxylic acids is 1. The molecule has 9 heteroatoms. The van der Waals surface area contributed by atoms with Crippen LogP contribution in [0.3, 0.4) is 0 Å². The van der Waals surface area contributed by atoms with Gasteiger partial charge in [-0.2, -0.15) is 5.10 Å². The van der Waals surface area contributed by atoms with E-state index in [-0.39, 0.29) is 5.91 Å². The van der Waals surface area contributed by atoms with E-state index in [2.05, 4.69) is 15.7 Å². The molecule has 0 radical (unpaired) electrons. The van der Waals surface area contributed by atoms with Crippen molar-refractivity contribution >= 4 is 35.4 Å². The topological polar surface area (TPSA) is 154 Å². The average molecular weight is 386 g/mol. The van der Waals surface area contributed by atoms with Gasteiger partial charge in [-0.3, -0.25) is 9.59 Å². The number of hydrogen-bond acceptors (Lipinski definition) is 6. The molecule has 0 fully saturated rings. The fourth-order valence-corrected chi connectivity index (χ4v) is 2.21. The molecule has 1 unspecified atom stereocenters. The van der Waals surface area contributed by atoms with E-state index in [1.807, 2.05) is 0 Å². The standard InChI is InChI=1S/C17H18N4O3.C2H4O2/c1-11(22)20-15-4-2-3-13(9-15)16(17(23)24)21-14-7-5-12(6-8-14)10-19-18;1-2(3)4/h2-10,16,21H,18H2,1H3,(H,20,22)(H,23,24);1H3,(H,3,4). The quantitative estimate of drug-likeness (QED) is 0.290. The molecule has 0 saturated heterocycles. The smallest absolute Gasteiger partial charge is 0.330 e. The second-order valence-corrected chi connectivity index (χ2v) is 5.64. The van der Waals surface area contributed by atoms with Crippen LogP contribution >= 0.6 is 0 Å². The van der Waals surface area contributed by atoms with Gasteiger partial charge in [0.05, 0.1) is 6.21 Å². The summed E-state index contributed by atoms with van der Waals surface area (Å²) in [5, 5.41) is 26.0. The van der Waals surface area contributed by atoms with E-state index in [4.69, 9.17) is 15.7 Å². The van der Waals surface area contributed by atoms with E-state index >= 15 is 0 Å². The third kappa shape index (κ3) is 8.00. The number of carboxylic acids is 2. The largest absolute Gasteiger partial charge is 0.481 e. The number of carboxylic acid groups (broad SMARTS) is 2. The van der Waals surface area contributed by atoms with Crippen LogP contribution in [0.4, 0.5) is 11.4 Å². The molecule has 9 nitrogen and oxygen atoms in total. The van der Waals surface area contributed by atoms with E-state index in [1.54, 1.807) is 48.5 Å². The summed E-state index contributed by atoms with van der Waals surface area (Å²) in [5.41, 5.74) is 2.52. The zero-order valence-electron chi connectivity index (χ0n) is 15.4. The normalized spacial score (nSPS) is 11.1. The van der Waals surface area contributed by atoms with Crippen LogP contribution in [0.1, 0.15) is 31.0 Å². The number of amides is 1. The lowest BCUT2D eigenvalue weighted by Gasteiger charge is -2.17. The average Bonchev–Trinajstić information content (AvgIpc) is 2.60. The Hall–Kier alpha value is -3.88. The maximum absolute atomic E-state index is 11.6. The summed E-state index contributed by atoms with van der Waals surface area (Å²) < 4.78 is 0. The minimum atomic E-state index is -1.03. The Morgan fingerprint density at radius 3 is 2.14 bits per heavy atom. The van der Waals surface area contributed by atoms with Crippen LogP contribution in [0.2, 0.25) is 0 Å². The van der Waals surface area contributed by atoms with Crippen molar-refractivity contribution in [3.8, 4) is 0 Å². The number of nitrogens with two attached hydrogens (primary N) is 1. The molecule has 0 aliphatic heterocycles. The van der Waals surface area contributed by atoms with E-state index in [9.17, 15) is 14.7 Å². The zero-order valence-corrected chi connectivity index (χ0v) is 15.4. The number of nitrogens with zero attached hydrogens (tertiary/aromatic N) is 1. The Morgan fingerprint density at radius 1 is 1.04 bits per heavy atom. The van der Waals surface area contributed by atoms with Gasteiger partial charge in [0.15, 0.2) is 6.04 Å². The third-order valence-corrected chi connectivity index (χ3v) is 3.23. The van der Waals surface area contributed by atoms with Gasteiger partial charge >= 0.3 is 5.97 Å². The number of hydrogen-bond donors (Lipinski definition) is 5. The summed E-state index contributed by atoms with van der Waals surface area (Å²) in [6, 6.07) is 12.8. The second kappa shape index (κ2) is 11.0. The highest BCUT2D eigenvalue weighted by Crippen LogP contribution is 2.23. The van der Waals surface area contributed by atoms with Gasteiger partial charge in [0.25, 0.3) is 5.97 Å². The third-order valence-electron chi connectivity index (χ3n) is 3.23. The number of hydrazone groups is 1. The molecule has 0 heterocycles. The summed E-state index contributed by atoms with van der Waals surface area (Å²) in [6.07, 6.45) is 1.50. The lowest BCUT2D eigenvalue weighted by atomic mass is 10.1. The Kier molecular flexibility index (Phi) is 8.68. The highest BCUT2D eigenvalue weighted by Gasteiger charge is 2.20. The van der Waals surface area contributed by atoms with Crippen LogP contribution in [-0.2, 0) is 14.4 Å². The first-order valence-electron chi connectivity index (χ1n) is 8.12. The predicted molar refractivity (Wildman–Crippen MR) is 106 cm³/mol. The fourth-order valence-electron chi connectivity index (χ4n) is 2.21. The summed E-state index contributed by atoms with van der Waals surface area (Å²) in [4.78, 5) is 31.8. The van der Waals surface area contributed by atoms with Crippen molar-refractivity contribution in [3.63, 3.8) is 0 Å². The number of nitrogens with one attached hydrogen (secondary N) is 2. The zero-order chi connectivity index (χ0) is 21.1. The highest BCUT2D eigenvalue weighted by molar-refractivity contribution is 5.89. The monoisotopic (exact) mass is 386 g/mol. The van der Waals surface area contributed by atoms with Crippen molar-refractivity contribution in [2.75, 3.05) is 10.6 Å². The molecular formula is C19H22N4O5. The molecule has 0 aliphatic carbocycles. The first-order valence-corrected chi connectivity index (χ1v) is 8.12. The number of anilines is 2. The molecule has 2 aromatic rings. The molecule has 148 valence electrons. The minimum Gasteiger partial charge on any atom is -0.481 e. The molecule has 0 aliphatic rings. The predicted octanol–water partition coefficient (Wildman–Crippen LogP) is 2.27. The van der Waals surface area contributed by atoms with Crippen molar-refractivity contribution in [2.24, 2.45) is 10.9 Å². The van der Waals surface area contributed by atoms with Gasteiger partial charge in [0.1, 0.15) is 0 Å². The summed E-state index contributed by atoms with van der Waals surface area (Å²) >= 11 is 0. The maximum Gasteiger partial charge on any atom is 0.330 e. The maximum atomic E-state index is 11.6. The lowest BCUT2D eigenvalue weighted by Crippen LogP contribution is -2.20. The molecule has 6 N–H and O–H groups in total. The number of rotatable bonds is 6. The first-order chi connectivity index (χ1) is 13.2. The summed E-state index contributed by atoms with van der Waals surface area (Å²) in [7, 11) is 0. The van der Waals surface area contributed by atoms with Gasteiger partial charge < -0.3 is 26.7 Å². The molecule has 2 aromatic carbocycles. The van der Waals surface area contributed by atoms with Crippen molar-refractivity contribution in [2.45, 2.75) is 19.9 Å². The van der Waals surface area contributed by atoms with E-state index in [0.29, 0.717) is 16.9 Å². The molecule has 2 rings (SSSR count). The second-order valence-electron chi connectivity index (χ2n) is 5.64. The molecule has 1 amide bonds. The molecule has 1 atom stereocenters. The lowest BCUT2D eigenvalue weighted by molar-refractivity contribution is -0.138. The minimum absolute atomic E-state index is 0.218. The molecular weight excluding hydrogens is 364 g/mol. The SMILES string of the molecule is CC(=O)Nc1cccc(C(Nc2ccc(C=NN)cc2)C(=O)O)c1.CC(=O)O. The highest BCUT2D eigenvalue weighted by atomic mass is 16.4. The Morgan fingerprint density at radius 2 is 1.64 bits per heavy atom. The van der Waals surface area contributed by atoms with Crippen molar-refractivity contribution in [1.82, 2.24) is 0 Å². The van der Waals surface area contributed by atoms with Crippen molar-refractivity contribution in [1.29, 1.82) is 0 Å². The number of carbonyl (C=O) groups is 3. The van der Waals surface area contributed by atoms with Crippen molar-refractivity contribution < 1.29 is 24.6 Å². The first kappa shape index (κ1) is 22.2. The van der Waals surface area contributed by atoms with Crippen LogP contribution in [0.5, 0.6) is 0 Å². The Labute approximate surface area is 161 Å². The van der Waals surface area contributed by atoms with Crippen molar-refractivity contribution in [3.05, 3.63) is 59.7 Å². The molecule has 0 saturated carbocycles. The van der Waals surface area contributed by atoms with Gasteiger partial charge in [-0.25, -0.2) is 4.79 Å². The summed E-state index contributed by atoms with van der Waals surface area (Å²) in [6.45, 7) is 2.48. The fraction of sp³-hybridized carbons (Fsp3) is 0.158. The Balaban J connectivity index is 0.000000892. The van der Waals surface area contributed by atoms with Gasteiger partial charge in [0.2, 0.25) is 5.91 Å². The van der Waals surface area contributed by atoms with E-state index in [0.717, 1.165) is 12.5 Å². The van der Waals surface area contributed by atoms with Crippen LogP contribution in [-0.4, -0.2) is 34.3 Å². The van der Waals surface area contributed by atoms with Crippen LogP contribution in [0.15, 0.2) is 53.6 Å². The van der Waals surface area contributed by atoms with Gasteiger partial charge in [0, 0.05) is 25.2 Å². The van der Waals surface area contributed by atoms with Crippen LogP contribution in [0, 0.1) is 0 Å². The van der Waals surface area contributed by atoms with Gasteiger partial charge in [-0.1, -0.05) is 24.3 Å². The van der Waals surface area contributed by atoms with E-state index < -0.39 is 18.0 Å². The van der Waals surface area contributed by atoms with Crippen LogP contribution in [0.25, 0.3) is 0 Å². The molecule has 0 bridgehead atoms. The van der Waals surface area contributed by atoms with E-state index in [1.165, 1.54) is 13.1 Å². The Bertz CT molecular complexity index is 846. The van der Waals surface area contributed by atoms with Gasteiger partial charge in [-0.05, 0) is 35.4 Å². The van der Waals surface area contributed by atoms with Gasteiger partial charge in [-0.15, -0.1) is 0 Å². The molecule has 0 aromatic heterocycles. The summed E-state index contributed by atoms with van der Waals surface area (Å²) in [5.74, 6) is 3.01. The number of benzene rings is 2. The molecule has 28 heavy (non-hydrogen) atoms. The molecule has 0 spiro atoms.